The Labute approximate surface area is 220 Å². The minimum Gasteiger partial charge on any atom is -0.453 e. The number of rotatable bonds is 7. The monoisotopic (exact) mass is 521 g/mol. The van der Waals surface area contributed by atoms with E-state index in [2.05, 4.69) is 20.4 Å². The van der Waals surface area contributed by atoms with Crippen LogP contribution in [0.5, 0.6) is 11.5 Å². The van der Waals surface area contributed by atoms with Crippen molar-refractivity contribution in [3.05, 3.63) is 60.4 Å². The van der Waals surface area contributed by atoms with Crippen LogP contribution in [0.4, 0.5) is 9.18 Å². The normalized spacial score (nSPS) is 14.5. The first kappa shape index (κ1) is 25.7. The molecule has 1 fully saturated rings. The van der Waals surface area contributed by atoms with Crippen LogP contribution in [0.15, 0.2) is 49.1 Å². The number of aromatic amines is 1. The Morgan fingerprint density at radius 2 is 2.05 bits per heavy atom. The number of benzene rings is 1. The Kier molecular flexibility index (Phi) is 7.33. The highest BCUT2D eigenvalue weighted by atomic mass is 19.1. The quantitative estimate of drug-likeness (QED) is 0.318. The molecule has 0 atom stereocenters. The number of amides is 1. The standard InChI is InChI=1S/C28H32FN5O4/c1-28(2,3)38-27(35)32-13-19-4-5-23(22(29)12-19)37-24-6-9-30-26-25(24)21(15-31-26)20-14-33-34(17-20)16-18-7-10-36-11-8-18/h4-6,9,12,14-15,17-18H,7-8,10-11,13,16H2,1-3H3,(H,30,31)(H,32,35). The van der Waals surface area contributed by atoms with Crippen LogP contribution in [0, 0.1) is 11.7 Å². The highest BCUT2D eigenvalue weighted by Crippen LogP contribution is 2.37. The average molecular weight is 522 g/mol. The number of halogens is 1. The van der Waals surface area contributed by atoms with Crippen LogP contribution in [0.1, 0.15) is 39.2 Å². The molecule has 9 nitrogen and oxygen atoms in total. The third kappa shape index (κ3) is 6.13. The van der Waals surface area contributed by atoms with Crippen molar-refractivity contribution in [1.82, 2.24) is 25.1 Å². The highest BCUT2D eigenvalue weighted by Gasteiger charge is 2.19. The third-order valence-corrected chi connectivity index (χ3v) is 6.32. The third-order valence-electron chi connectivity index (χ3n) is 6.32. The minimum absolute atomic E-state index is 0.0703. The molecule has 1 aliphatic heterocycles. The Morgan fingerprint density at radius 1 is 1.24 bits per heavy atom. The second kappa shape index (κ2) is 10.8. The van der Waals surface area contributed by atoms with Crippen molar-refractivity contribution in [3.63, 3.8) is 0 Å². The molecule has 0 radical (unpaired) electrons. The fraction of sp³-hybridized carbons (Fsp3) is 0.393. The van der Waals surface area contributed by atoms with Crippen LogP contribution in [0.3, 0.4) is 0 Å². The van der Waals surface area contributed by atoms with Gasteiger partial charge in [0.1, 0.15) is 17.0 Å². The number of pyridine rings is 1. The van der Waals surface area contributed by atoms with Gasteiger partial charge < -0.3 is 24.5 Å². The van der Waals surface area contributed by atoms with Crippen LogP contribution < -0.4 is 10.1 Å². The molecule has 0 saturated carbocycles. The van der Waals surface area contributed by atoms with Crippen molar-refractivity contribution in [2.75, 3.05) is 13.2 Å². The van der Waals surface area contributed by atoms with Gasteiger partial charge >= 0.3 is 6.09 Å². The second-order valence-corrected chi connectivity index (χ2v) is 10.5. The maximum Gasteiger partial charge on any atom is 0.407 e. The maximum absolute atomic E-state index is 15.0. The molecule has 1 saturated heterocycles. The molecule has 4 aromatic rings. The van der Waals surface area contributed by atoms with Gasteiger partial charge in [-0.15, -0.1) is 0 Å². The van der Waals surface area contributed by atoms with Crippen molar-refractivity contribution >= 4 is 17.1 Å². The van der Waals surface area contributed by atoms with Gasteiger partial charge in [-0.3, -0.25) is 4.68 Å². The molecule has 0 unspecified atom stereocenters. The lowest BCUT2D eigenvalue weighted by Crippen LogP contribution is -2.32. The molecule has 0 bridgehead atoms. The topological polar surface area (TPSA) is 103 Å². The summed E-state index contributed by atoms with van der Waals surface area (Å²) >= 11 is 0. The molecule has 1 aliphatic rings. The summed E-state index contributed by atoms with van der Waals surface area (Å²) in [6.45, 7) is 7.91. The van der Waals surface area contributed by atoms with Crippen LogP contribution in [0.2, 0.25) is 0 Å². The second-order valence-electron chi connectivity index (χ2n) is 10.5. The molecule has 0 aliphatic carbocycles. The van der Waals surface area contributed by atoms with E-state index in [-0.39, 0.29) is 12.3 Å². The fourth-order valence-electron chi connectivity index (χ4n) is 4.48. The Balaban J connectivity index is 1.32. The number of fused-ring (bicyclic) bond motifs is 1. The number of nitrogens with one attached hydrogen (secondary N) is 2. The minimum atomic E-state index is -0.608. The molecule has 2 N–H and O–H groups in total. The van der Waals surface area contributed by atoms with E-state index in [4.69, 9.17) is 14.2 Å². The zero-order chi connectivity index (χ0) is 26.7. The average Bonchev–Trinajstić information content (AvgIpc) is 3.51. The predicted molar refractivity (Wildman–Crippen MR) is 140 cm³/mol. The van der Waals surface area contributed by atoms with Gasteiger partial charge in [-0.2, -0.15) is 5.10 Å². The first-order valence-electron chi connectivity index (χ1n) is 12.7. The SMILES string of the molecule is CC(C)(C)OC(=O)NCc1ccc(Oc2ccnc3[nH]cc(-c4cnn(CC5CCOCC5)c4)c23)c(F)c1. The first-order chi connectivity index (χ1) is 18.2. The van der Waals surface area contributed by atoms with E-state index in [0.717, 1.165) is 49.1 Å². The van der Waals surface area contributed by atoms with E-state index in [1.165, 1.54) is 6.07 Å². The summed E-state index contributed by atoms with van der Waals surface area (Å²) in [4.78, 5) is 19.5. The van der Waals surface area contributed by atoms with Crippen LogP contribution >= 0.6 is 0 Å². The summed E-state index contributed by atoms with van der Waals surface area (Å²) in [7, 11) is 0. The molecule has 1 amide bonds. The van der Waals surface area contributed by atoms with Gasteiger partial charge in [-0.1, -0.05) is 6.07 Å². The number of nitrogens with zero attached hydrogens (tertiary/aromatic N) is 3. The summed E-state index contributed by atoms with van der Waals surface area (Å²) in [6, 6.07) is 6.30. The highest BCUT2D eigenvalue weighted by molar-refractivity contribution is 5.98. The summed E-state index contributed by atoms with van der Waals surface area (Å²) in [6.07, 6.45) is 8.82. The number of alkyl carbamates (subject to hydrolysis) is 1. The summed E-state index contributed by atoms with van der Waals surface area (Å²) in [5.74, 6) is 0.549. The smallest absolute Gasteiger partial charge is 0.407 e. The van der Waals surface area contributed by atoms with E-state index in [1.54, 1.807) is 45.2 Å². The Hall–Kier alpha value is -3.92. The number of carbonyl (C=O) groups is 1. The van der Waals surface area contributed by atoms with Crippen molar-refractivity contribution < 1.29 is 23.4 Å². The van der Waals surface area contributed by atoms with Crippen molar-refractivity contribution in [2.24, 2.45) is 5.92 Å². The lowest BCUT2D eigenvalue weighted by molar-refractivity contribution is 0.0523. The van der Waals surface area contributed by atoms with Gasteiger partial charge in [0.15, 0.2) is 11.6 Å². The lowest BCUT2D eigenvalue weighted by Gasteiger charge is -2.21. The molecule has 38 heavy (non-hydrogen) atoms. The summed E-state index contributed by atoms with van der Waals surface area (Å²) in [5.41, 5.74) is 2.40. The van der Waals surface area contributed by atoms with E-state index in [9.17, 15) is 9.18 Å². The summed E-state index contributed by atoms with van der Waals surface area (Å²) < 4.78 is 33.7. The molecule has 0 spiro atoms. The van der Waals surface area contributed by atoms with Gasteiger partial charge in [-0.25, -0.2) is 14.2 Å². The van der Waals surface area contributed by atoms with Gasteiger partial charge in [0.2, 0.25) is 0 Å². The maximum atomic E-state index is 15.0. The van der Waals surface area contributed by atoms with Crippen molar-refractivity contribution in [2.45, 2.75) is 52.3 Å². The van der Waals surface area contributed by atoms with E-state index >= 15 is 0 Å². The van der Waals surface area contributed by atoms with Crippen LogP contribution in [-0.2, 0) is 22.6 Å². The zero-order valence-corrected chi connectivity index (χ0v) is 21.8. The van der Waals surface area contributed by atoms with Gasteiger partial charge in [0.05, 0.1) is 11.6 Å². The van der Waals surface area contributed by atoms with Gasteiger partial charge in [0.25, 0.3) is 0 Å². The van der Waals surface area contributed by atoms with Gasteiger partial charge in [0, 0.05) is 56.0 Å². The van der Waals surface area contributed by atoms with Gasteiger partial charge in [-0.05, 0) is 63.3 Å². The van der Waals surface area contributed by atoms with E-state index in [1.807, 2.05) is 23.3 Å². The predicted octanol–water partition coefficient (Wildman–Crippen LogP) is 5.81. The molecule has 5 rings (SSSR count). The number of hydrogen-bond acceptors (Lipinski definition) is 6. The van der Waals surface area contributed by atoms with Crippen LogP contribution in [-0.4, -0.2) is 44.7 Å². The Bertz CT molecular complexity index is 1420. The number of ether oxygens (including phenoxy) is 3. The van der Waals surface area contributed by atoms with Crippen LogP contribution in [0.25, 0.3) is 22.2 Å². The van der Waals surface area contributed by atoms with Crippen molar-refractivity contribution in [3.8, 4) is 22.6 Å². The Morgan fingerprint density at radius 3 is 2.82 bits per heavy atom. The summed E-state index contributed by atoms with van der Waals surface area (Å²) in [5, 5.41) is 7.94. The first-order valence-corrected chi connectivity index (χ1v) is 12.7. The molecule has 200 valence electrons. The molecular weight excluding hydrogens is 489 g/mol. The molecule has 1 aromatic carbocycles. The number of carbonyl (C=O) groups excluding carboxylic acids is 1. The zero-order valence-electron chi connectivity index (χ0n) is 21.8. The molecule has 3 aromatic heterocycles. The number of hydrogen-bond donors (Lipinski definition) is 2. The van der Waals surface area contributed by atoms with E-state index in [0.29, 0.717) is 22.9 Å². The molecule has 4 heterocycles. The lowest BCUT2D eigenvalue weighted by atomic mass is 10.0. The van der Waals surface area contributed by atoms with E-state index < -0.39 is 17.5 Å². The number of aromatic nitrogens is 4. The number of H-pyrrole nitrogens is 1. The molecular formula is C28H32FN5O4. The molecule has 10 heteroatoms. The largest absolute Gasteiger partial charge is 0.453 e. The van der Waals surface area contributed by atoms with Crippen molar-refractivity contribution in [1.29, 1.82) is 0 Å². The fourth-order valence-corrected chi connectivity index (χ4v) is 4.48.